The Bertz CT molecular complexity index is 1220. The van der Waals surface area contributed by atoms with E-state index in [4.69, 9.17) is 24.5 Å². The first-order valence-electron chi connectivity index (χ1n) is 11.4. The predicted octanol–water partition coefficient (Wildman–Crippen LogP) is 3.57. The summed E-state index contributed by atoms with van der Waals surface area (Å²) in [5.41, 5.74) is 3.31. The summed E-state index contributed by atoms with van der Waals surface area (Å²) in [4.78, 5) is 29.2. The molecule has 1 atom stereocenters. The van der Waals surface area contributed by atoms with Gasteiger partial charge in [0, 0.05) is 44.6 Å². The Kier molecular flexibility index (Phi) is 11.2. The summed E-state index contributed by atoms with van der Waals surface area (Å²) in [5, 5.41) is 18.5. The van der Waals surface area contributed by atoms with Crippen LogP contribution < -0.4 is 0 Å². The Labute approximate surface area is 223 Å². The van der Waals surface area contributed by atoms with Gasteiger partial charge >= 0.3 is 24.3 Å². The molecule has 0 spiro atoms. The molecule has 2 N–H and O–H groups in total. The van der Waals surface area contributed by atoms with E-state index in [-0.39, 0.29) is 6.04 Å². The lowest BCUT2D eigenvalue weighted by atomic mass is 10.2. The Morgan fingerprint density at radius 1 is 1.00 bits per heavy atom. The number of aryl methyl sites for hydroxylation is 1. The first-order chi connectivity index (χ1) is 18.6. The first-order valence-corrected chi connectivity index (χ1v) is 11.4. The van der Waals surface area contributed by atoms with E-state index in [2.05, 4.69) is 37.7 Å². The van der Waals surface area contributed by atoms with E-state index < -0.39 is 24.3 Å². The number of pyridine rings is 1. The zero-order valence-electron chi connectivity index (χ0n) is 21.2. The lowest BCUT2D eigenvalue weighted by molar-refractivity contribution is -0.193. The minimum Gasteiger partial charge on any atom is -0.475 e. The fourth-order valence-electron chi connectivity index (χ4n) is 3.47. The van der Waals surface area contributed by atoms with Gasteiger partial charge in [-0.1, -0.05) is 6.07 Å². The van der Waals surface area contributed by atoms with Gasteiger partial charge in [0.15, 0.2) is 0 Å². The summed E-state index contributed by atoms with van der Waals surface area (Å²) in [6, 6.07) is 6.14. The summed E-state index contributed by atoms with van der Waals surface area (Å²) < 4.78 is 73.5. The lowest BCUT2D eigenvalue weighted by Crippen LogP contribution is -2.37. The molecule has 0 saturated heterocycles. The molecule has 0 saturated carbocycles. The number of fused-ring (bicyclic) bond motifs is 1. The number of carboxylic acid groups (broad SMARTS) is 2. The van der Waals surface area contributed by atoms with Crippen LogP contribution in [0.4, 0.5) is 26.3 Å². The molecular weight excluding hydrogens is 554 g/mol. The fraction of sp³-hybridized carbons (Fsp3) is 0.435. The molecule has 0 aliphatic carbocycles. The summed E-state index contributed by atoms with van der Waals surface area (Å²) >= 11 is 0. The van der Waals surface area contributed by atoms with Crippen molar-refractivity contribution in [3.63, 3.8) is 0 Å². The fourth-order valence-corrected chi connectivity index (χ4v) is 3.47. The number of nitrogens with zero attached hydrogens (tertiary/aromatic N) is 6. The van der Waals surface area contributed by atoms with Gasteiger partial charge in [-0.15, -0.1) is 0 Å². The number of rotatable bonds is 6. The molecule has 1 unspecified atom stereocenters. The zero-order chi connectivity index (χ0) is 30.1. The van der Waals surface area contributed by atoms with Gasteiger partial charge in [-0.25, -0.2) is 14.6 Å². The summed E-state index contributed by atoms with van der Waals surface area (Å²) in [6.45, 7) is 6.11. The SMILES string of the molecule is CC1c2ncc(COCc3ccccn3)n2CCN1Cc1cnn(C)c1.O=C(O)C(F)(F)F.O=C(O)C(F)(F)F. The monoisotopic (exact) mass is 580 g/mol. The minimum absolute atomic E-state index is 0.272. The number of aliphatic carboxylic acids is 2. The van der Waals surface area contributed by atoms with Gasteiger partial charge in [-0.3, -0.25) is 14.6 Å². The molecule has 3 aromatic rings. The molecule has 1 aliphatic rings. The topological polar surface area (TPSA) is 136 Å². The quantitative estimate of drug-likeness (QED) is 0.420. The van der Waals surface area contributed by atoms with E-state index in [9.17, 15) is 26.3 Å². The lowest BCUT2D eigenvalue weighted by Gasteiger charge is -2.34. The van der Waals surface area contributed by atoms with Crippen molar-refractivity contribution >= 4 is 11.9 Å². The van der Waals surface area contributed by atoms with Gasteiger partial charge in [0.25, 0.3) is 0 Å². The Hall–Kier alpha value is -3.99. The van der Waals surface area contributed by atoms with Crippen LogP contribution in [-0.4, -0.2) is 70.3 Å². The molecule has 4 rings (SSSR count). The molecular formula is C23H26F6N6O5. The van der Waals surface area contributed by atoms with Gasteiger partial charge in [0.1, 0.15) is 5.82 Å². The molecule has 11 nitrogen and oxygen atoms in total. The van der Waals surface area contributed by atoms with Crippen LogP contribution in [0.3, 0.4) is 0 Å². The second kappa shape index (κ2) is 13.9. The molecule has 3 aromatic heterocycles. The van der Waals surface area contributed by atoms with Crippen LogP contribution in [0.2, 0.25) is 0 Å². The summed E-state index contributed by atoms with van der Waals surface area (Å²) in [5.74, 6) is -4.41. The van der Waals surface area contributed by atoms with Crippen LogP contribution in [0.1, 0.15) is 35.7 Å². The molecule has 220 valence electrons. The van der Waals surface area contributed by atoms with Crippen molar-refractivity contribution in [1.82, 2.24) is 29.2 Å². The third-order valence-electron chi connectivity index (χ3n) is 5.36. The second-order valence-electron chi connectivity index (χ2n) is 8.35. The third-order valence-corrected chi connectivity index (χ3v) is 5.36. The number of aromatic nitrogens is 5. The van der Waals surface area contributed by atoms with Crippen LogP contribution >= 0.6 is 0 Å². The molecule has 17 heteroatoms. The highest BCUT2D eigenvalue weighted by atomic mass is 19.4. The number of ether oxygens (including phenoxy) is 1. The number of hydrogen-bond donors (Lipinski definition) is 2. The average Bonchev–Trinajstić information content (AvgIpc) is 3.47. The standard InChI is InChI=1S/C19H24N6O.2C2HF3O2/c1-15-19-21-10-18(14-26-13-17-5-3-4-6-20-17)25(19)8-7-24(15)12-16-9-22-23(2)11-16;2*3-2(4,5)1(6)7/h3-6,9-11,15H,7-8,12-14H2,1-2H3;2*(H,6,7). The molecule has 0 amide bonds. The van der Waals surface area contributed by atoms with Crippen molar-refractivity contribution in [2.24, 2.45) is 7.05 Å². The van der Waals surface area contributed by atoms with Crippen molar-refractivity contribution < 1.29 is 50.9 Å². The summed E-state index contributed by atoms with van der Waals surface area (Å²) in [6.07, 6.45) is -2.43. The van der Waals surface area contributed by atoms with E-state index in [0.29, 0.717) is 13.2 Å². The number of carboxylic acids is 2. The van der Waals surface area contributed by atoms with Gasteiger partial charge in [-0.05, 0) is 19.1 Å². The number of carbonyl (C=O) groups is 2. The molecule has 40 heavy (non-hydrogen) atoms. The van der Waals surface area contributed by atoms with E-state index in [1.165, 1.54) is 5.56 Å². The highest BCUT2D eigenvalue weighted by Gasteiger charge is 2.38. The highest BCUT2D eigenvalue weighted by Crippen LogP contribution is 2.27. The van der Waals surface area contributed by atoms with Crippen LogP contribution in [-0.2, 0) is 47.7 Å². The van der Waals surface area contributed by atoms with Gasteiger partial charge in [0.2, 0.25) is 0 Å². The molecule has 4 heterocycles. The summed E-state index contributed by atoms with van der Waals surface area (Å²) in [7, 11) is 1.95. The zero-order valence-corrected chi connectivity index (χ0v) is 21.2. The van der Waals surface area contributed by atoms with Crippen molar-refractivity contribution in [2.45, 2.75) is 51.6 Å². The maximum Gasteiger partial charge on any atom is 0.490 e. The van der Waals surface area contributed by atoms with Crippen molar-refractivity contribution in [2.75, 3.05) is 6.54 Å². The number of halogens is 6. The van der Waals surface area contributed by atoms with E-state index in [1.54, 1.807) is 6.20 Å². The van der Waals surface area contributed by atoms with Gasteiger partial charge in [-0.2, -0.15) is 31.4 Å². The highest BCUT2D eigenvalue weighted by molar-refractivity contribution is 5.73. The van der Waals surface area contributed by atoms with Gasteiger partial charge < -0.3 is 19.5 Å². The number of hydrogen-bond acceptors (Lipinski definition) is 7. The minimum atomic E-state index is -5.08. The van der Waals surface area contributed by atoms with Crippen molar-refractivity contribution in [3.8, 4) is 0 Å². The van der Waals surface area contributed by atoms with Crippen LogP contribution in [0.15, 0.2) is 43.0 Å². The molecule has 0 fully saturated rings. The maximum absolute atomic E-state index is 10.6. The van der Waals surface area contributed by atoms with E-state index in [1.807, 2.05) is 42.3 Å². The van der Waals surface area contributed by atoms with Crippen molar-refractivity contribution in [1.29, 1.82) is 0 Å². The van der Waals surface area contributed by atoms with Crippen molar-refractivity contribution in [3.05, 3.63) is 65.8 Å². The molecule has 1 aliphatic heterocycles. The smallest absolute Gasteiger partial charge is 0.475 e. The molecule has 0 aromatic carbocycles. The maximum atomic E-state index is 10.6. The largest absolute Gasteiger partial charge is 0.490 e. The Morgan fingerprint density at radius 2 is 1.62 bits per heavy atom. The average molecular weight is 580 g/mol. The number of imidazole rings is 1. The third kappa shape index (κ3) is 9.96. The van der Waals surface area contributed by atoms with Gasteiger partial charge in [0.05, 0.1) is 43.0 Å². The van der Waals surface area contributed by atoms with Crippen LogP contribution in [0.25, 0.3) is 0 Å². The molecule has 0 bridgehead atoms. The van der Waals surface area contributed by atoms with Crippen LogP contribution in [0, 0.1) is 0 Å². The second-order valence-corrected chi connectivity index (χ2v) is 8.35. The molecule has 0 radical (unpaired) electrons. The Balaban J connectivity index is 0.000000333. The van der Waals surface area contributed by atoms with E-state index in [0.717, 1.165) is 36.8 Å². The normalized spacial score (nSPS) is 15.2. The predicted molar refractivity (Wildman–Crippen MR) is 124 cm³/mol. The first kappa shape index (κ1) is 32.2. The van der Waals surface area contributed by atoms with E-state index >= 15 is 0 Å². The number of alkyl halides is 6. The van der Waals surface area contributed by atoms with Crippen LogP contribution in [0.5, 0.6) is 0 Å². The Morgan fingerprint density at radius 3 is 2.12 bits per heavy atom.